The molecule has 182 valence electrons. The largest absolute Gasteiger partial charge is 0.490 e. The van der Waals surface area contributed by atoms with E-state index in [1.807, 2.05) is 24.3 Å². The Morgan fingerprint density at radius 1 is 0.727 bits per heavy atom. The minimum atomic E-state index is -5.08. The summed E-state index contributed by atoms with van der Waals surface area (Å²) in [6.07, 6.45) is -5.08. The molecule has 0 radical (unpaired) electrons. The number of carboxylic acids is 1. The van der Waals surface area contributed by atoms with Crippen LogP contribution >= 0.6 is 0 Å². The molecule has 2 heterocycles. The van der Waals surface area contributed by atoms with Crippen LogP contribution in [0.15, 0.2) is 48.5 Å². The van der Waals surface area contributed by atoms with Gasteiger partial charge in [0.15, 0.2) is 0 Å². The molecule has 2 aliphatic heterocycles. The lowest BCUT2D eigenvalue weighted by atomic mass is 10.2. The van der Waals surface area contributed by atoms with E-state index in [4.69, 9.17) is 21.4 Å². The fourth-order valence-electron chi connectivity index (χ4n) is 3.22. The van der Waals surface area contributed by atoms with Crippen LogP contribution in [0.4, 0.5) is 35.9 Å². The van der Waals surface area contributed by atoms with Crippen molar-refractivity contribution in [2.45, 2.75) is 6.18 Å². The number of nitrogens with two attached hydrogens (primary N) is 2. The summed E-state index contributed by atoms with van der Waals surface area (Å²) in [6.45, 7) is 8.64. The van der Waals surface area contributed by atoms with E-state index in [1.54, 1.807) is 0 Å². The number of aliphatic carboxylic acids is 1. The molecule has 0 aliphatic carbocycles. The van der Waals surface area contributed by atoms with Gasteiger partial charge in [-0.2, -0.15) is 13.2 Å². The second kappa shape index (κ2) is 12.8. The Hall–Kier alpha value is -3.18. The van der Waals surface area contributed by atoms with Crippen LogP contribution in [-0.2, 0) is 4.79 Å². The molecule has 2 aromatic rings. The van der Waals surface area contributed by atoms with Crippen LogP contribution in [0, 0.1) is 0 Å². The topological polar surface area (TPSA) is 120 Å². The SMILES string of the molecule is Nc1ccc(N2CCNCC2)cc1.Nc1ccc(N2CCNCC2)cc1.O=C(O)C(F)(F)F. The molecular formula is C22H31F3N6O2. The Morgan fingerprint density at radius 3 is 1.24 bits per heavy atom. The Kier molecular flexibility index (Phi) is 10.1. The Bertz CT molecular complexity index is 775. The lowest BCUT2D eigenvalue weighted by molar-refractivity contribution is -0.192. The van der Waals surface area contributed by atoms with Gasteiger partial charge in [0.25, 0.3) is 0 Å². The second-order valence-electron chi connectivity index (χ2n) is 7.46. The van der Waals surface area contributed by atoms with Crippen molar-refractivity contribution in [1.29, 1.82) is 0 Å². The van der Waals surface area contributed by atoms with E-state index in [1.165, 1.54) is 11.4 Å². The van der Waals surface area contributed by atoms with Crippen LogP contribution < -0.4 is 31.9 Å². The fourth-order valence-corrected chi connectivity index (χ4v) is 3.22. The first-order chi connectivity index (χ1) is 15.7. The summed E-state index contributed by atoms with van der Waals surface area (Å²) in [5.41, 5.74) is 15.5. The number of alkyl halides is 3. The summed E-state index contributed by atoms with van der Waals surface area (Å²) in [4.78, 5) is 13.6. The van der Waals surface area contributed by atoms with Crippen LogP contribution in [0.2, 0.25) is 0 Å². The summed E-state index contributed by atoms with van der Waals surface area (Å²) in [6, 6.07) is 16.2. The molecule has 33 heavy (non-hydrogen) atoms. The van der Waals surface area contributed by atoms with Crippen molar-refractivity contribution >= 4 is 28.7 Å². The number of halogens is 3. The van der Waals surface area contributed by atoms with E-state index in [2.05, 4.69) is 44.7 Å². The predicted molar refractivity (Wildman–Crippen MR) is 126 cm³/mol. The van der Waals surface area contributed by atoms with Gasteiger partial charge in [-0.15, -0.1) is 0 Å². The number of piperazine rings is 2. The van der Waals surface area contributed by atoms with E-state index in [0.717, 1.165) is 63.7 Å². The summed E-state index contributed by atoms with van der Waals surface area (Å²) >= 11 is 0. The van der Waals surface area contributed by atoms with Gasteiger partial charge in [0.05, 0.1) is 0 Å². The molecule has 11 heteroatoms. The number of nitrogen functional groups attached to an aromatic ring is 2. The number of hydrogen-bond acceptors (Lipinski definition) is 7. The van der Waals surface area contributed by atoms with Crippen LogP contribution in [-0.4, -0.2) is 69.6 Å². The minimum Gasteiger partial charge on any atom is -0.475 e. The highest BCUT2D eigenvalue weighted by Gasteiger charge is 2.38. The van der Waals surface area contributed by atoms with Crippen LogP contribution in [0.1, 0.15) is 0 Å². The number of carbonyl (C=O) groups is 1. The van der Waals surface area contributed by atoms with Gasteiger partial charge in [-0.05, 0) is 48.5 Å². The molecule has 0 amide bonds. The van der Waals surface area contributed by atoms with Crippen LogP contribution in [0.5, 0.6) is 0 Å². The Morgan fingerprint density at radius 2 is 1.00 bits per heavy atom. The zero-order chi connectivity index (χ0) is 24.3. The van der Waals surface area contributed by atoms with Gasteiger partial charge >= 0.3 is 12.1 Å². The molecule has 0 spiro atoms. The molecular weight excluding hydrogens is 437 g/mol. The minimum absolute atomic E-state index is 0.832. The first-order valence-corrected chi connectivity index (χ1v) is 10.6. The molecule has 0 bridgehead atoms. The Balaban J connectivity index is 0.000000185. The number of rotatable bonds is 2. The quantitative estimate of drug-likeness (QED) is 0.425. The predicted octanol–water partition coefficient (Wildman–Crippen LogP) is 1.99. The highest BCUT2D eigenvalue weighted by atomic mass is 19.4. The van der Waals surface area contributed by atoms with Crippen molar-refractivity contribution in [1.82, 2.24) is 10.6 Å². The van der Waals surface area contributed by atoms with Gasteiger partial charge < -0.3 is 37.0 Å². The van der Waals surface area contributed by atoms with Crippen molar-refractivity contribution in [2.24, 2.45) is 0 Å². The fraction of sp³-hybridized carbons (Fsp3) is 0.409. The monoisotopic (exact) mass is 468 g/mol. The average molecular weight is 469 g/mol. The van der Waals surface area contributed by atoms with Gasteiger partial charge in [0, 0.05) is 75.1 Å². The van der Waals surface area contributed by atoms with Crippen molar-refractivity contribution in [3.8, 4) is 0 Å². The molecule has 2 fully saturated rings. The van der Waals surface area contributed by atoms with Crippen molar-refractivity contribution in [2.75, 3.05) is 73.6 Å². The highest BCUT2D eigenvalue weighted by Crippen LogP contribution is 2.17. The van der Waals surface area contributed by atoms with E-state index in [-0.39, 0.29) is 0 Å². The molecule has 0 saturated carbocycles. The number of benzene rings is 2. The van der Waals surface area contributed by atoms with Crippen molar-refractivity contribution < 1.29 is 23.1 Å². The summed E-state index contributed by atoms with van der Waals surface area (Å²) in [7, 11) is 0. The molecule has 7 N–H and O–H groups in total. The van der Waals surface area contributed by atoms with Crippen LogP contribution in [0.25, 0.3) is 0 Å². The molecule has 2 aliphatic rings. The molecule has 2 aromatic carbocycles. The maximum atomic E-state index is 10.6. The average Bonchev–Trinajstić information content (AvgIpc) is 2.81. The van der Waals surface area contributed by atoms with Gasteiger partial charge in [-0.1, -0.05) is 0 Å². The van der Waals surface area contributed by atoms with E-state index >= 15 is 0 Å². The standard InChI is InChI=1S/2C10H15N3.C2HF3O2/c2*11-9-1-3-10(4-2-9)13-7-5-12-6-8-13;3-2(4,5)1(6)7/h2*1-4,12H,5-8,11H2;(H,6,7). The summed E-state index contributed by atoms with van der Waals surface area (Å²) in [5, 5.41) is 13.8. The second-order valence-corrected chi connectivity index (χ2v) is 7.46. The summed E-state index contributed by atoms with van der Waals surface area (Å²) in [5.74, 6) is -2.76. The van der Waals surface area contributed by atoms with E-state index in [0.29, 0.717) is 0 Å². The maximum absolute atomic E-state index is 10.6. The third-order valence-electron chi connectivity index (χ3n) is 4.99. The van der Waals surface area contributed by atoms with Gasteiger partial charge in [-0.25, -0.2) is 4.79 Å². The zero-order valence-corrected chi connectivity index (χ0v) is 18.3. The molecule has 0 unspecified atom stereocenters. The summed E-state index contributed by atoms with van der Waals surface area (Å²) < 4.78 is 31.7. The molecule has 2 saturated heterocycles. The van der Waals surface area contributed by atoms with Crippen LogP contribution in [0.3, 0.4) is 0 Å². The normalized spacial score (nSPS) is 16.1. The number of hydrogen-bond donors (Lipinski definition) is 5. The first-order valence-electron chi connectivity index (χ1n) is 10.6. The first kappa shape index (κ1) is 26.1. The van der Waals surface area contributed by atoms with E-state index in [9.17, 15) is 13.2 Å². The third-order valence-corrected chi connectivity index (χ3v) is 4.99. The van der Waals surface area contributed by atoms with Crippen molar-refractivity contribution in [3.63, 3.8) is 0 Å². The zero-order valence-electron chi connectivity index (χ0n) is 18.3. The van der Waals surface area contributed by atoms with Crippen molar-refractivity contribution in [3.05, 3.63) is 48.5 Å². The van der Waals surface area contributed by atoms with Gasteiger partial charge in [-0.3, -0.25) is 0 Å². The number of nitrogens with zero attached hydrogens (tertiary/aromatic N) is 2. The molecule has 0 aromatic heterocycles. The number of anilines is 4. The Labute approximate surface area is 191 Å². The smallest absolute Gasteiger partial charge is 0.475 e. The maximum Gasteiger partial charge on any atom is 0.490 e. The van der Waals surface area contributed by atoms with Gasteiger partial charge in [0.1, 0.15) is 0 Å². The van der Waals surface area contributed by atoms with Gasteiger partial charge in [0.2, 0.25) is 0 Å². The van der Waals surface area contributed by atoms with E-state index < -0.39 is 12.1 Å². The number of carboxylic acid groups (broad SMARTS) is 1. The number of nitrogens with one attached hydrogen (secondary N) is 2. The molecule has 8 nitrogen and oxygen atoms in total. The lowest BCUT2D eigenvalue weighted by Gasteiger charge is -2.29. The third kappa shape index (κ3) is 9.46. The molecule has 0 atom stereocenters. The lowest BCUT2D eigenvalue weighted by Crippen LogP contribution is -2.43. The highest BCUT2D eigenvalue weighted by molar-refractivity contribution is 5.73. The molecule has 4 rings (SSSR count).